The summed E-state index contributed by atoms with van der Waals surface area (Å²) in [4.78, 5) is 7.10. The summed E-state index contributed by atoms with van der Waals surface area (Å²) in [7, 11) is 0. The van der Waals surface area contributed by atoms with Crippen molar-refractivity contribution in [2.75, 3.05) is 0 Å². The fourth-order valence-electron chi connectivity index (χ4n) is 0.997. The standard InChI is InChI=1S/C10H6BrFN2O/c11-7-1-3-8(4-2-7)15-10-5-9(12)13-6-14-10/h1-6H. The van der Waals surface area contributed by atoms with Crippen LogP contribution in [0.4, 0.5) is 4.39 Å². The van der Waals surface area contributed by atoms with E-state index in [4.69, 9.17) is 4.74 Å². The van der Waals surface area contributed by atoms with E-state index in [2.05, 4.69) is 25.9 Å². The van der Waals surface area contributed by atoms with Gasteiger partial charge in [0, 0.05) is 4.47 Å². The van der Waals surface area contributed by atoms with Crippen LogP contribution >= 0.6 is 15.9 Å². The first-order valence-electron chi connectivity index (χ1n) is 4.15. The molecule has 0 aliphatic carbocycles. The Balaban J connectivity index is 2.18. The molecule has 0 fully saturated rings. The Kier molecular flexibility index (Phi) is 2.91. The summed E-state index contributed by atoms with van der Waals surface area (Å²) < 4.78 is 18.9. The minimum Gasteiger partial charge on any atom is -0.439 e. The first-order valence-corrected chi connectivity index (χ1v) is 4.94. The molecule has 76 valence electrons. The van der Waals surface area contributed by atoms with Gasteiger partial charge in [0.1, 0.15) is 12.1 Å². The molecule has 0 N–H and O–H groups in total. The number of rotatable bonds is 2. The Morgan fingerprint density at radius 3 is 2.53 bits per heavy atom. The summed E-state index contributed by atoms with van der Waals surface area (Å²) in [6, 6.07) is 8.29. The lowest BCUT2D eigenvalue weighted by Crippen LogP contribution is -1.90. The van der Waals surface area contributed by atoms with Gasteiger partial charge >= 0.3 is 0 Å². The van der Waals surface area contributed by atoms with Crippen LogP contribution in [0.2, 0.25) is 0 Å². The van der Waals surface area contributed by atoms with Crippen LogP contribution in [0.5, 0.6) is 11.6 Å². The Labute approximate surface area is 94.1 Å². The second kappa shape index (κ2) is 4.35. The van der Waals surface area contributed by atoms with Gasteiger partial charge in [-0.25, -0.2) is 9.97 Å². The lowest BCUT2D eigenvalue weighted by Gasteiger charge is -2.03. The number of hydrogen-bond acceptors (Lipinski definition) is 3. The van der Waals surface area contributed by atoms with Gasteiger partial charge < -0.3 is 4.74 Å². The molecule has 0 atom stereocenters. The summed E-state index contributed by atoms with van der Waals surface area (Å²) in [5, 5.41) is 0. The minimum atomic E-state index is -0.614. The molecule has 2 rings (SSSR count). The molecule has 0 saturated carbocycles. The van der Waals surface area contributed by atoms with Gasteiger partial charge in [-0.1, -0.05) is 15.9 Å². The predicted octanol–water partition coefficient (Wildman–Crippen LogP) is 3.17. The maximum atomic E-state index is 12.7. The van der Waals surface area contributed by atoms with Gasteiger partial charge in [0.25, 0.3) is 0 Å². The molecule has 1 aromatic carbocycles. The fraction of sp³-hybridized carbons (Fsp3) is 0. The van der Waals surface area contributed by atoms with E-state index in [-0.39, 0.29) is 5.88 Å². The molecule has 3 nitrogen and oxygen atoms in total. The normalized spacial score (nSPS) is 10.0. The predicted molar refractivity (Wildman–Crippen MR) is 56.2 cm³/mol. The lowest BCUT2D eigenvalue weighted by atomic mass is 10.3. The third-order valence-corrected chi connectivity index (χ3v) is 2.17. The largest absolute Gasteiger partial charge is 0.439 e. The van der Waals surface area contributed by atoms with Gasteiger partial charge in [0.15, 0.2) is 0 Å². The maximum absolute atomic E-state index is 12.7. The monoisotopic (exact) mass is 268 g/mol. The zero-order valence-electron chi connectivity index (χ0n) is 7.52. The van der Waals surface area contributed by atoms with Crippen molar-refractivity contribution >= 4 is 15.9 Å². The molecular weight excluding hydrogens is 263 g/mol. The van der Waals surface area contributed by atoms with Crippen LogP contribution < -0.4 is 4.74 Å². The summed E-state index contributed by atoms with van der Waals surface area (Å²) in [5.41, 5.74) is 0. The van der Waals surface area contributed by atoms with E-state index in [1.165, 1.54) is 0 Å². The van der Waals surface area contributed by atoms with Crippen molar-refractivity contribution in [3.8, 4) is 11.6 Å². The van der Waals surface area contributed by atoms with E-state index in [0.717, 1.165) is 16.9 Å². The fourth-order valence-corrected chi connectivity index (χ4v) is 1.26. The summed E-state index contributed by atoms with van der Waals surface area (Å²) in [6.45, 7) is 0. The Bertz CT molecular complexity index is 461. The zero-order valence-corrected chi connectivity index (χ0v) is 9.11. The SMILES string of the molecule is Fc1cc(Oc2ccc(Br)cc2)ncn1. The van der Waals surface area contributed by atoms with Crippen molar-refractivity contribution < 1.29 is 9.13 Å². The molecular formula is C10H6BrFN2O. The average molecular weight is 269 g/mol. The van der Waals surface area contributed by atoms with Crippen LogP contribution in [0.1, 0.15) is 0 Å². The smallest absolute Gasteiger partial charge is 0.225 e. The molecule has 0 spiro atoms. The molecule has 1 aromatic heterocycles. The van der Waals surface area contributed by atoms with Crippen molar-refractivity contribution in [3.63, 3.8) is 0 Å². The molecule has 0 aliphatic heterocycles. The van der Waals surface area contributed by atoms with Crippen molar-refractivity contribution in [1.29, 1.82) is 0 Å². The highest BCUT2D eigenvalue weighted by Crippen LogP contribution is 2.21. The van der Waals surface area contributed by atoms with Crippen LogP contribution in [0, 0.1) is 5.95 Å². The Hall–Kier alpha value is -1.49. The number of aromatic nitrogens is 2. The molecule has 0 unspecified atom stereocenters. The third kappa shape index (κ3) is 2.73. The lowest BCUT2D eigenvalue weighted by molar-refractivity contribution is 0.450. The van der Waals surface area contributed by atoms with Crippen molar-refractivity contribution in [2.24, 2.45) is 0 Å². The Morgan fingerprint density at radius 2 is 1.87 bits per heavy atom. The zero-order chi connectivity index (χ0) is 10.7. The quantitative estimate of drug-likeness (QED) is 0.785. The van der Waals surface area contributed by atoms with E-state index >= 15 is 0 Å². The van der Waals surface area contributed by atoms with E-state index in [9.17, 15) is 4.39 Å². The highest BCUT2D eigenvalue weighted by Gasteiger charge is 2.00. The number of ether oxygens (including phenoxy) is 1. The van der Waals surface area contributed by atoms with Crippen LogP contribution in [-0.4, -0.2) is 9.97 Å². The summed E-state index contributed by atoms with van der Waals surface area (Å²) in [5.74, 6) is 0.165. The first kappa shape index (κ1) is 10.0. The van der Waals surface area contributed by atoms with E-state index in [0.29, 0.717) is 5.75 Å². The molecule has 1 heterocycles. The van der Waals surface area contributed by atoms with E-state index in [1.807, 2.05) is 12.1 Å². The second-order valence-electron chi connectivity index (χ2n) is 2.73. The van der Waals surface area contributed by atoms with Crippen LogP contribution in [-0.2, 0) is 0 Å². The molecule has 5 heteroatoms. The van der Waals surface area contributed by atoms with Crippen LogP contribution in [0.25, 0.3) is 0 Å². The van der Waals surface area contributed by atoms with Crippen molar-refractivity contribution in [1.82, 2.24) is 9.97 Å². The van der Waals surface area contributed by atoms with Gasteiger partial charge in [0.2, 0.25) is 11.8 Å². The number of hydrogen-bond donors (Lipinski definition) is 0. The average Bonchev–Trinajstić information content (AvgIpc) is 2.22. The third-order valence-electron chi connectivity index (χ3n) is 1.64. The summed E-state index contributed by atoms with van der Waals surface area (Å²) in [6.07, 6.45) is 1.11. The van der Waals surface area contributed by atoms with Crippen molar-refractivity contribution in [2.45, 2.75) is 0 Å². The van der Waals surface area contributed by atoms with E-state index < -0.39 is 5.95 Å². The molecule has 15 heavy (non-hydrogen) atoms. The Morgan fingerprint density at radius 1 is 1.13 bits per heavy atom. The molecule has 0 radical (unpaired) electrons. The first-order chi connectivity index (χ1) is 7.24. The van der Waals surface area contributed by atoms with Gasteiger partial charge in [-0.15, -0.1) is 0 Å². The summed E-state index contributed by atoms with van der Waals surface area (Å²) >= 11 is 3.30. The van der Waals surface area contributed by atoms with Gasteiger partial charge in [-0.05, 0) is 24.3 Å². The molecule has 0 saturated heterocycles. The molecule has 0 bridgehead atoms. The topological polar surface area (TPSA) is 35.0 Å². The van der Waals surface area contributed by atoms with Gasteiger partial charge in [0.05, 0.1) is 6.07 Å². The van der Waals surface area contributed by atoms with E-state index in [1.54, 1.807) is 12.1 Å². The molecule has 2 aromatic rings. The molecule has 0 amide bonds. The molecule has 0 aliphatic rings. The van der Waals surface area contributed by atoms with Gasteiger partial charge in [-0.2, -0.15) is 4.39 Å². The van der Waals surface area contributed by atoms with Crippen molar-refractivity contribution in [3.05, 3.63) is 47.1 Å². The van der Waals surface area contributed by atoms with Crippen LogP contribution in [0.3, 0.4) is 0 Å². The number of benzene rings is 1. The minimum absolute atomic E-state index is 0.185. The highest BCUT2D eigenvalue weighted by atomic mass is 79.9. The van der Waals surface area contributed by atoms with Crippen LogP contribution in [0.15, 0.2) is 41.1 Å². The highest BCUT2D eigenvalue weighted by molar-refractivity contribution is 9.10. The van der Waals surface area contributed by atoms with Gasteiger partial charge in [-0.3, -0.25) is 0 Å². The maximum Gasteiger partial charge on any atom is 0.225 e. The number of halogens is 2. The second-order valence-corrected chi connectivity index (χ2v) is 3.65. The number of nitrogens with zero attached hydrogens (tertiary/aromatic N) is 2.